The van der Waals surface area contributed by atoms with Crippen molar-refractivity contribution < 1.29 is 14.3 Å². The topological polar surface area (TPSA) is 73.5 Å². The maximum absolute atomic E-state index is 13.6. The fourth-order valence-electron chi connectivity index (χ4n) is 3.97. The number of fused-ring (bicyclic) bond motifs is 2. The molecule has 2 aromatic heterocycles. The lowest BCUT2D eigenvalue weighted by atomic mass is 10.0. The molecule has 5 rings (SSSR count). The molecule has 0 N–H and O–H groups in total. The Hall–Kier alpha value is -4.36. The molecular weight excluding hydrogens is 458 g/mol. The molecule has 5 aromatic rings. The van der Waals surface area contributed by atoms with E-state index in [0.29, 0.717) is 28.2 Å². The highest BCUT2D eigenvalue weighted by Gasteiger charge is 2.16. The van der Waals surface area contributed by atoms with Crippen LogP contribution in [0.3, 0.4) is 0 Å². The molecule has 7 heteroatoms. The zero-order valence-corrected chi connectivity index (χ0v) is 19.8. The van der Waals surface area contributed by atoms with Gasteiger partial charge in [-0.05, 0) is 30.3 Å². The van der Waals surface area contributed by atoms with E-state index in [9.17, 15) is 9.59 Å². The number of thiazole rings is 1. The Balaban J connectivity index is 1.69. The number of nitrogens with zero attached hydrogens (tertiary/aromatic N) is 3. The van der Waals surface area contributed by atoms with Gasteiger partial charge >= 0.3 is 5.97 Å². The third-order valence-electron chi connectivity index (χ3n) is 5.63. The lowest BCUT2D eigenvalue weighted by Gasteiger charge is -2.08. The molecule has 0 aliphatic rings. The summed E-state index contributed by atoms with van der Waals surface area (Å²) in [5.41, 5.74) is 4.14. The van der Waals surface area contributed by atoms with Crippen LogP contribution >= 0.6 is 11.3 Å². The van der Waals surface area contributed by atoms with E-state index in [1.54, 1.807) is 24.3 Å². The molecule has 0 aliphatic heterocycles. The van der Waals surface area contributed by atoms with Crippen LogP contribution in [0.15, 0.2) is 96.5 Å². The third-order valence-corrected chi connectivity index (χ3v) is 6.67. The second-order valence-electron chi connectivity index (χ2n) is 7.81. The minimum atomic E-state index is -0.415. The van der Waals surface area contributed by atoms with E-state index < -0.39 is 5.97 Å². The number of aromatic nitrogens is 2. The second kappa shape index (κ2) is 9.48. The number of ether oxygens (including phenoxy) is 1. The molecule has 3 aromatic carbocycles. The van der Waals surface area contributed by atoms with Crippen LogP contribution in [0.5, 0.6) is 0 Å². The molecule has 0 unspecified atom stereocenters. The first-order valence-corrected chi connectivity index (χ1v) is 11.8. The van der Waals surface area contributed by atoms with Crippen molar-refractivity contribution in [2.45, 2.75) is 6.54 Å². The summed E-state index contributed by atoms with van der Waals surface area (Å²) in [7, 11) is 1.35. The van der Waals surface area contributed by atoms with Crippen LogP contribution in [0.1, 0.15) is 20.7 Å². The Kier molecular flexibility index (Phi) is 6.08. The van der Waals surface area contributed by atoms with E-state index >= 15 is 0 Å². The first-order valence-electron chi connectivity index (χ1n) is 11.0. The summed E-state index contributed by atoms with van der Waals surface area (Å²) in [5.74, 6) is -0.778. The van der Waals surface area contributed by atoms with Gasteiger partial charge < -0.3 is 9.30 Å². The summed E-state index contributed by atoms with van der Waals surface area (Å²) in [6.45, 7) is 4.31. The number of allylic oxidation sites excluding steroid dienone is 1. The second-order valence-corrected chi connectivity index (χ2v) is 8.82. The quantitative estimate of drug-likeness (QED) is 0.242. The number of esters is 1. The maximum Gasteiger partial charge on any atom is 0.337 e. The number of para-hydroxylation sites is 1. The Morgan fingerprint density at radius 2 is 1.83 bits per heavy atom. The minimum Gasteiger partial charge on any atom is -0.465 e. The maximum atomic E-state index is 13.6. The normalized spacial score (nSPS) is 11.6. The van der Waals surface area contributed by atoms with Crippen molar-refractivity contribution in [1.29, 1.82) is 0 Å². The van der Waals surface area contributed by atoms with Gasteiger partial charge in [0, 0.05) is 17.5 Å². The van der Waals surface area contributed by atoms with E-state index in [4.69, 9.17) is 9.72 Å². The van der Waals surface area contributed by atoms with Crippen LogP contribution in [0, 0.1) is 0 Å². The summed E-state index contributed by atoms with van der Waals surface area (Å²) in [4.78, 5) is 35.3. The van der Waals surface area contributed by atoms with Crippen LogP contribution in [0.25, 0.3) is 32.4 Å². The number of pyridine rings is 1. The molecule has 35 heavy (non-hydrogen) atoms. The number of rotatable bonds is 5. The minimum absolute atomic E-state index is 0.363. The SMILES string of the molecule is C=CCn1c(=NC(=O)c2cc(-c3ccccc3)nc3ccccc23)sc2cc(C(=O)OC)ccc21. The average molecular weight is 480 g/mol. The van der Waals surface area contributed by atoms with Crippen LogP contribution in [-0.4, -0.2) is 28.5 Å². The molecule has 0 aliphatic carbocycles. The Bertz CT molecular complexity index is 1670. The van der Waals surface area contributed by atoms with Gasteiger partial charge in [0.05, 0.1) is 39.7 Å². The number of amides is 1. The zero-order valence-electron chi connectivity index (χ0n) is 19.0. The smallest absolute Gasteiger partial charge is 0.337 e. The molecule has 0 saturated heterocycles. The van der Waals surface area contributed by atoms with E-state index in [2.05, 4.69) is 11.6 Å². The number of carbonyl (C=O) groups excluding carboxylic acids is 2. The average Bonchev–Trinajstić information content (AvgIpc) is 3.24. The lowest BCUT2D eigenvalue weighted by molar-refractivity contribution is 0.0600. The number of hydrogen-bond acceptors (Lipinski definition) is 5. The fourth-order valence-corrected chi connectivity index (χ4v) is 5.04. The van der Waals surface area contributed by atoms with E-state index in [1.165, 1.54) is 18.4 Å². The summed E-state index contributed by atoms with van der Waals surface area (Å²) in [5, 5.41) is 0.741. The number of carbonyl (C=O) groups is 2. The Morgan fingerprint density at radius 1 is 1.06 bits per heavy atom. The molecule has 0 spiro atoms. The lowest BCUT2D eigenvalue weighted by Crippen LogP contribution is -2.16. The molecule has 0 fully saturated rings. The Labute approximate surface area is 205 Å². The van der Waals surface area contributed by atoms with Crippen LogP contribution in [0.4, 0.5) is 0 Å². The molecule has 2 heterocycles. The van der Waals surface area contributed by atoms with Crippen molar-refractivity contribution >= 4 is 44.3 Å². The van der Waals surface area contributed by atoms with Gasteiger partial charge in [-0.3, -0.25) is 4.79 Å². The standard InChI is InChI=1S/C28H21N3O3S/c1-3-15-31-24-14-13-19(27(33)34-2)16-25(24)35-28(31)30-26(32)21-17-23(18-9-5-4-6-10-18)29-22-12-8-7-11-20(21)22/h3-14,16-17H,1,15H2,2H3. The van der Waals surface area contributed by atoms with Crippen molar-refractivity contribution in [3.63, 3.8) is 0 Å². The van der Waals surface area contributed by atoms with E-state index in [0.717, 1.165) is 26.7 Å². The summed E-state index contributed by atoms with van der Waals surface area (Å²) in [6.07, 6.45) is 1.75. The van der Waals surface area contributed by atoms with Crippen LogP contribution in [0.2, 0.25) is 0 Å². The Morgan fingerprint density at radius 3 is 2.60 bits per heavy atom. The first kappa shape index (κ1) is 22.4. The molecular formula is C28H21N3O3S. The summed E-state index contributed by atoms with van der Waals surface area (Å²) >= 11 is 1.34. The van der Waals surface area contributed by atoms with Gasteiger partial charge in [0.1, 0.15) is 0 Å². The molecule has 0 atom stereocenters. The van der Waals surface area contributed by atoms with Gasteiger partial charge in [-0.1, -0.05) is 65.9 Å². The number of benzene rings is 3. The highest BCUT2D eigenvalue weighted by molar-refractivity contribution is 7.16. The van der Waals surface area contributed by atoms with Crippen molar-refractivity contribution in [2.24, 2.45) is 4.99 Å². The highest BCUT2D eigenvalue weighted by atomic mass is 32.1. The summed E-state index contributed by atoms with van der Waals surface area (Å²) < 4.78 is 7.57. The van der Waals surface area contributed by atoms with Crippen LogP contribution < -0.4 is 4.80 Å². The highest BCUT2D eigenvalue weighted by Crippen LogP contribution is 2.26. The molecule has 172 valence electrons. The zero-order chi connectivity index (χ0) is 24.4. The largest absolute Gasteiger partial charge is 0.465 e. The van der Waals surface area contributed by atoms with E-state index in [-0.39, 0.29) is 5.91 Å². The van der Waals surface area contributed by atoms with Gasteiger partial charge in [0.15, 0.2) is 4.80 Å². The first-order chi connectivity index (χ1) is 17.1. The third kappa shape index (κ3) is 4.29. The summed E-state index contributed by atoms with van der Waals surface area (Å²) in [6, 6.07) is 24.4. The van der Waals surface area contributed by atoms with Gasteiger partial charge in [-0.25, -0.2) is 9.78 Å². The fraction of sp³-hybridized carbons (Fsp3) is 0.0714. The molecule has 0 saturated carbocycles. The molecule has 0 bridgehead atoms. The number of methoxy groups -OCH3 is 1. The molecule has 0 radical (unpaired) electrons. The van der Waals surface area contributed by atoms with Crippen molar-refractivity contribution in [1.82, 2.24) is 9.55 Å². The van der Waals surface area contributed by atoms with E-state index in [1.807, 2.05) is 65.2 Å². The monoisotopic (exact) mass is 479 g/mol. The van der Waals surface area contributed by atoms with Gasteiger partial charge in [-0.15, -0.1) is 6.58 Å². The predicted molar refractivity (Wildman–Crippen MR) is 138 cm³/mol. The van der Waals surface area contributed by atoms with Gasteiger partial charge in [0.25, 0.3) is 5.91 Å². The van der Waals surface area contributed by atoms with Gasteiger partial charge in [-0.2, -0.15) is 4.99 Å². The predicted octanol–water partition coefficient (Wildman–Crippen LogP) is 5.63. The molecule has 1 amide bonds. The van der Waals surface area contributed by atoms with Crippen molar-refractivity contribution in [3.8, 4) is 11.3 Å². The molecule has 6 nitrogen and oxygen atoms in total. The number of hydrogen-bond donors (Lipinski definition) is 0. The van der Waals surface area contributed by atoms with Crippen molar-refractivity contribution in [3.05, 3.63) is 107 Å². The van der Waals surface area contributed by atoms with Crippen LogP contribution in [-0.2, 0) is 11.3 Å². The van der Waals surface area contributed by atoms with Crippen molar-refractivity contribution in [2.75, 3.05) is 7.11 Å². The van der Waals surface area contributed by atoms with Gasteiger partial charge in [0.2, 0.25) is 0 Å².